The van der Waals surface area contributed by atoms with Crippen molar-refractivity contribution in [3.8, 4) is 0 Å². The lowest BCUT2D eigenvalue weighted by Crippen LogP contribution is -2.48. The Labute approximate surface area is 114 Å². The molecule has 1 aliphatic heterocycles. The SMILES string of the molecule is C[Si](C)(C)CCN1C(=O)c2ccccc2C1(O)CO. The van der Waals surface area contributed by atoms with Gasteiger partial charge in [0.25, 0.3) is 5.91 Å². The van der Waals surface area contributed by atoms with Gasteiger partial charge in [-0.2, -0.15) is 0 Å². The number of aliphatic hydroxyl groups excluding tert-OH is 1. The normalized spacial score (nSPS) is 22.8. The van der Waals surface area contributed by atoms with E-state index >= 15 is 0 Å². The quantitative estimate of drug-likeness (QED) is 0.823. The van der Waals surface area contributed by atoms with Crippen LogP contribution in [0.25, 0.3) is 0 Å². The van der Waals surface area contributed by atoms with Gasteiger partial charge in [0.2, 0.25) is 0 Å². The molecule has 1 heterocycles. The van der Waals surface area contributed by atoms with E-state index in [0.29, 0.717) is 17.7 Å². The number of carbonyl (C=O) groups excluding carboxylic acids is 1. The first-order chi connectivity index (χ1) is 8.79. The fourth-order valence-corrected chi connectivity index (χ4v) is 3.28. The van der Waals surface area contributed by atoms with Gasteiger partial charge in [0.05, 0.1) is 6.61 Å². The lowest BCUT2D eigenvalue weighted by molar-refractivity contribution is -0.115. The van der Waals surface area contributed by atoms with Crippen molar-refractivity contribution in [2.75, 3.05) is 13.2 Å². The van der Waals surface area contributed by atoms with Crippen molar-refractivity contribution in [1.82, 2.24) is 4.90 Å². The number of carbonyl (C=O) groups is 1. The summed E-state index contributed by atoms with van der Waals surface area (Å²) < 4.78 is 0. The van der Waals surface area contributed by atoms with Crippen molar-refractivity contribution in [2.24, 2.45) is 0 Å². The Bertz CT molecular complexity index is 498. The minimum absolute atomic E-state index is 0.189. The summed E-state index contributed by atoms with van der Waals surface area (Å²) in [4.78, 5) is 13.8. The van der Waals surface area contributed by atoms with E-state index < -0.39 is 20.4 Å². The summed E-state index contributed by atoms with van der Waals surface area (Å²) >= 11 is 0. The fraction of sp³-hybridized carbons (Fsp3) is 0.500. The van der Waals surface area contributed by atoms with Crippen LogP contribution in [0.4, 0.5) is 0 Å². The van der Waals surface area contributed by atoms with Crippen molar-refractivity contribution in [3.05, 3.63) is 35.4 Å². The molecule has 5 heteroatoms. The third-order valence-electron chi connectivity index (χ3n) is 3.59. The number of hydrogen-bond donors (Lipinski definition) is 2. The molecule has 104 valence electrons. The van der Waals surface area contributed by atoms with Gasteiger partial charge in [-0.1, -0.05) is 37.8 Å². The average Bonchev–Trinajstić information content (AvgIpc) is 2.57. The predicted molar refractivity (Wildman–Crippen MR) is 76.6 cm³/mol. The van der Waals surface area contributed by atoms with Gasteiger partial charge in [-0.05, 0) is 12.1 Å². The van der Waals surface area contributed by atoms with Gasteiger partial charge in [-0.15, -0.1) is 0 Å². The lowest BCUT2D eigenvalue weighted by atomic mass is 10.0. The molecule has 0 spiro atoms. The summed E-state index contributed by atoms with van der Waals surface area (Å²) in [5.41, 5.74) is -0.555. The summed E-state index contributed by atoms with van der Waals surface area (Å²) in [7, 11) is -1.32. The van der Waals surface area contributed by atoms with E-state index in [9.17, 15) is 15.0 Å². The number of benzene rings is 1. The zero-order valence-electron chi connectivity index (χ0n) is 11.7. The summed E-state index contributed by atoms with van der Waals surface area (Å²) in [6.07, 6.45) is 0. The van der Waals surface area contributed by atoms with Gasteiger partial charge in [-0.3, -0.25) is 4.79 Å². The maximum Gasteiger partial charge on any atom is 0.256 e. The topological polar surface area (TPSA) is 60.8 Å². The van der Waals surface area contributed by atoms with E-state index in [0.717, 1.165) is 6.04 Å². The van der Waals surface area contributed by atoms with Crippen molar-refractivity contribution in [2.45, 2.75) is 31.4 Å². The molecule has 1 atom stereocenters. The smallest absolute Gasteiger partial charge is 0.256 e. The second kappa shape index (κ2) is 4.74. The molecule has 2 N–H and O–H groups in total. The third kappa shape index (κ3) is 2.45. The molecule has 4 nitrogen and oxygen atoms in total. The number of rotatable bonds is 4. The molecule has 19 heavy (non-hydrogen) atoms. The molecular formula is C14H21NO3Si. The number of nitrogens with zero attached hydrogens (tertiary/aromatic N) is 1. The highest BCUT2D eigenvalue weighted by Gasteiger charge is 2.47. The molecule has 2 rings (SSSR count). The molecular weight excluding hydrogens is 258 g/mol. The molecule has 0 saturated carbocycles. The molecule has 0 saturated heterocycles. The molecule has 0 radical (unpaired) electrons. The van der Waals surface area contributed by atoms with Crippen molar-refractivity contribution in [3.63, 3.8) is 0 Å². The third-order valence-corrected chi connectivity index (χ3v) is 5.31. The van der Waals surface area contributed by atoms with Crippen LogP contribution in [0.1, 0.15) is 15.9 Å². The minimum atomic E-state index is -1.56. The first-order valence-corrected chi connectivity index (χ1v) is 10.2. The van der Waals surface area contributed by atoms with Crippen LogP contribution >= 0.6 is 0 Å². The molecule has 1 aliphatic rings. The summed E-state index contributed by atoms with van der Waals surface area (Å²) in [5, 5.41) is 20.2. The van der Waals surface area contributed by atoms with Gasteiger partial charge in [0.15, 0.2) is 5.72 Å². The van der Waals surface area contributed by atoms with Crippen LogP contribution in [0.2, 0.25) is 25.7 Å². The van der Waals surface area contributed by atoms with E-state index in [1.807, 2.05) is 0 Å². The summed E-state index contributed by atoms with van der Waals surface area (Å²) in [6.45, 7) is 6.68. The molecule has 1 aromatic rings. The maximum atomic E-state index is 12.4. The van der Waals surface area contributed by atoms with E-state index in [1.165, 1.54) is 4.90 Å². The molecule has 0 aliphatic carbocycles. The molecule has 1 amide bonds. The number of aliphatic hydroxyl groups is 2. The Kier molecular flexibility index (Phi) is 3.55. The predicted octanol–water partition coefficient (Wildman–Crippen LogP) is 1.62. The highest BCUT2D eigenvalue weighted by molar-refractivity contribution is 6.76. The Morgan fingerprint density at radius 2 is 1.89 bits per heavy atom. The standard InChI is InChI=1S/C14H21NO3Si/c1-19(2,3)9-8-15-13(17)11-6-4-5-7-12(11)14(15,18)10-16/h4-7,16,18H,8-10H2,1-3H3. The zero-order valence-corrected chi connectivity index (χ0v) is 12.7. The second-order valence-electron chi connectivity index (χ2n) is 6.29. The van der Waals surface area contributed by atoms with Crippen LogP contribution in [-0.2, 0) is 5.72 Å². The van der Waals surface area contributed by atoms with Crippen molar-refractivity contribution >= 4 is 14.0 Å². The van der Waals surface area contributed by atoms with Crippen LogP contribution in [0, 0.1) is 0 Å². The molecule has 1 unspecified atom stereocenters. The van der Waals surface area contributed by atoms with Gasteiger partial charge < -0.3 is 15.1 Å². The maximum absolute atomic E-state index is 12.4. The van der Waals surface area contributed by atoms with E-state index in [-0.39, 0.29) is 5.91 Å². The van der Waals surface area contributed by atoms with E-state index in [2.05, 4.69) is 19.6 Å². The number of fused-ring (bicyclic) bond motifs is 1. The Hall–Kier alpha value is -1.17. The van der Waals surface area contributed by atoms with Gasteiger partial charge in [-0.25, -0.2) is 0 Å². The molecule has 0 bridgehead atoms. The van der Waals surface area contributed by atoms with Gasteiger partial charge in [0.1, 0.15) is 0 Å². The molecule has 0 aromatic heterocycles. The van der Waals surface area contributed by atoms with E-state index in [1.54, 1.807) is 24.3 Å². The van der Waals surface area contributed by atoms with Crippen LogP contribution in [0.3, 0.4) is 0 Å². The van der Waals surface area contributed by atoms with Crippen LogP contribution in [-0.4, -0.2) is 42.2 Å². The number of hydrogen-bond acceptors (Lipinski definition) is 3. The van der Waals surface area contributed by atoms with Gasteiger partial charge >= 0.3 is 0 Å². The highest BCUT2D eigenvalue weighted by atomic mass is 28.3. The minimum Gasteiger partial charge on any atom is -0.391 e. The average molecular weight is 279 g/mol. The monoisotopic (exact) mass is 279 g/mol. The van der Waals surface area contributed by atoms with Crippen LogP contribution in [0.5, 0.6) is 0 Å². The zero-order chi connectivity index (χ0) is 14.3. The second-order valence-corrected chi connectivity index (χ2v) is 11.9. The highest BCUT2D eigenvalue weighted by Crippen LogP contribution is 2.37. The fourth-order valence-electron chi connectivity index (χ4n) is 2.38. The van der Waals surface area contributed by atoms with Crippen LogP contribution in [0.15, 0.2) is 24.3 Å². The Morgan fingerprint density at radius 1 is 1.26 bits per heavy atom. The van der Waals surface area contributed by atoms with E-state index in [4.69, 9.17) is 0 Å². The van der Waals surface area contributed by atoms with Gasteiger partial charge in [0, 0.05) is 25.7 Å². The molecule has 0 fully saturated rings. The Balaban J connectivity index is 2.33. The van der Waals surface area contributed by atoms with Crippen molar-refractivity contribution < 1.29 is 15.0 Å². The first-order valence-electron chi connectivity index (χ1n) is 6.54. The van der Waals surface area contributed by atoms with Crippen molar-refractivity contribution in [1.29, 1.82) is 0 Å². The summed E-state index contributed by atoms with van der Waals surface area (Å²) in [5.74, 6) is -0.189. The largest absolute Gasteiger partial charge is 0.391 e. The first kappa shape index (κ1) is 14.2. The van der Waals surface area contributed by atoms with Crippen LogP contribution < -0.4 is 0 Å². The number of amides is 1. The lowest BCUT2D eigenvalue weighted by Gasteiger charge is -2.34. The summed E-state index contributed by atoms with van der Waals surface area (Å²) in [6, 6.07) is 7.85. The Morgan fingerprint density at radius 3 is 2.47 bits per heavy atom. The molecule has 1 aromatic carbocycles.